The van der Waals surface area contributed by atoms with E-state index < -0.39 is 5.41 Å². The summed E-state index contributed by atoms with van der Waals surface area (Å²) in [6.45, 7) is 4.64. The van der Waals surface area contributed by atoms with E-state index in [2.05, 4.69) is 225 Å². The Labute approximate surface area is 323 Å². The molecule has 0 fully saturated rings. The first-order valence-electron chi connectivity index (χ1n) is 19.4. The maximum Gasteiger partial charge on any atom is 0.0714 e. The lowest BCUT2D eigenvalue weighted by atomic mass is 9.67. The zero-order valence-electron chi connectivity index (χ0n) is 31.2. The highest BCUT2D eigenvalue weighted by molar-refractivity contribution is 6.00. The highest BCUT2D eigenvalue weighted by atomic mass is 15.1. The van der Waals surface area contributed by atoms with Gasteiger partial charge in [0, 0.05) is 16.9 Å². The monoisotopic (exact) mass is 703 g/mol. The standard InChI is InChI=1S/C54H41N/c1-37(2)47-27-16-28-50-53(47)48-32-31-46(36-51(48)54(50,43-23-8-4-9-24-43)44-25-10-5-11-26-44)55(45-30-29-38-17-12-13-20-40(38)33-45)52-35-42-22-15-14-21-41(42)34-49(52)39-18-6-3-7-19-39/h3-37H,1-2H3. The molecule has 0 spiro atoms. The van der Waals surface area contributed by atoms with Crippen molar-refractivity contribution in [1.82, 2.24) is 0 Å². The summed E-state index contributed by atoms with van der Waals surface area (Å²) < 4.78 is 0. The maximum absolute atomic E-state index is 2.50. The summed E-state index contributed by atoms with van der Waals surface area (Å²) in [5.74, 6) is 0.366. The van der Waals surface area contributed by atoms with Gasteiger partial charge in [-0.3, -0.25) is 0 Å². The van der Waals surface area contributed by atoms with Crippen molar-refractivity contribution in [3.05, 3.63) is 234 Å². The first-order chi connectivity index (χ1) is 27.1. The Morgan fingerprint density at radius 1 is 0.400 bits per heavy atom. The summed E-state index contributed by atoms with van der Waals surface area (Å²) >= 11 is 0. The summed E-state index contributed by atoms with van der Waals surface area (Å²) in [5.41, 5.74) is 14.5. The number of anilines is 3. The van der Waals surface area contributed by atoms with Crippen molar-refractivity contribution in [2.75, 3.05) is 4.90 Å². The van der Waals surface area contributed by atoms with Crippen molar-refractivity contribution in [2.24, 2.45) is 0 Å². The van der Waals surface area contributed by atoms with Crippen LogP contribution in [0.3, 0.4) is 0 Å². The molecule has 9 aromatic rings. The van der Waals surface area contributed by atoms with E-state index >= 15 is 0 Å². The molecule has 1 heteroatoms. The molecule has 0 unspecified atom stereocenters. The van der Waals surface area contributed by atoms with Crippen LogP contribution in [-0.4, -0.2) is 0 Å². The first kappa shape index (κ1) is 32.9. The Morgan fingerprint density at radius 2 is 0.945 bits per heavy atom. The molecule has 0 saturated carbocycles. The molecule has 9 aromatic carbocycles. The molecule has 0 saturated heterocycles. The summed E-state index contributed by atoms with van der Waals surface area (Å²) in [5, 5.41) is 4.87. The van der Waals surface area contributed by atoms with Gasteiger partial charge in [-0.15, -0.1) is 0 Å². The van der Waals surface area contributed by atoms with E-state index in [0.717, 1.165) is 17.1 Å². The van der Waals surface area contributed by atoms with E-state index in [0.29, 0.717) is 5.92 Å². The van der Waals surface area contributed by atoms with Crippen molar-refractivity contribution in [2.45, 2.75) is 25.2 Å². The average Bonchev–Trinajstić information content (AvgIpc) is 3.55. The second-order valence-corrected chi connectivity index (χ2v) is 15.1. The van der Waals surface area contributed by atoms with Gasteiger partial charge in [0.15, 0.2) is 0 Å². The fourth-order valence-corrected chi connectivity index (χ4v) is 9.18. The molecule has 0 aromatic heterocycles. The van der Waals surface area contributed by atoms with Gasteiger partial charge in [0.25, 0.3) is 0 Å². The second-order valence-electron chi connectivity index (χ2n) is 15.1. The average molecular weight is 704 g/mol. The van der Waals surface area contributed by atoms with Gasteiger partial charge in [-0.2, -0.15) is 0 Å². The van der Waals surface area contributed by atoms with Crippen LogP contribution in [0.5, 0.6) is 0 Å². The minimum atomic E-state index is -0.519. The molecule has 55 heavy (non-hydrogen) atoms. The molecule has 0 radical (unpaired) electrons. The number of rotatable bonds is 7. The predicted molar refractivity (Wildman–Crippen MR) is 233 cm³/mol. The fourth-order valence-electron chi connectivity index (χ4n) is 9.18. The van der Waals surface area contributed by atoms with Gasteiger partial charge in [0.1, 0.15) is 0 Å². The second kappa shape index (κ2) is 13.3. The van der Waals surface area contributed by atoms with Crippen LogP contribution in [0, 0.1) is 0 Å². The lowest BCUT2D eigenvalue weighted by molar-refractivity contribution is 0.765. The zero-order valence-corrected chi connectivity index (χ0v) is 31.2. The molecule has 1 aliphatic rings. The van der Waals surface area contributed by atoms with Crippen molar-refractivity contribution in [3.8, 4) is 22.3 Å². The molecule has 0 atom stereocenters. The van der Waals surface area contributed by atoms with Crippen LogP contribution >= 0.6 is 0 Å². The minimum absolute atomic E-state index is 0.366. The smallest absolute Gasteiger partial charge is 0.0714 e. The quantitative estimate of drug-likeness (QED) is 0.160. The van der Waals surface area contributed by atoms with Gasteiger partial charge in [-0.25, -0.2) is 0 Å². The summed E-state index contributed by atoms with van der Waals surface area (Å²) in [6, 6.07) is 76.4. The summed E-state index contributed by atoms with van der Waals surface area (Å²) in [6.07, 6.45) is 0. The molecule has 10 rings (SSSR count). The van der Waals surface area contributed by atoms with Gasteiger partial charge in [0.05, 0.1) is 11.1 Å². The number of hydrogen-bond acceptors (Lipinski definition) is 1. The van der Waals surface area contributed by atoms with Gasteiger partial charge < -0.3 is 4.90 Å². The van der Waals surface area contributed by atoms with Gasteiger partial charge in [-0.05, 0) is 108 Å². The van der Waals surface area contributed by atoms with Crippen LogP contribution in [-0.2, 0) is 5.41 Å². The molecule has 0 heterocycles. The van der Waals surface area contributed by atoms with Gasteiger partial charge in [-0.1, -0.05) is 184 Å². The van der Waals surface area contributed by atoms with Gasteiger partial charge in [0.2, 0.25) is 0 Å². The van der Waals surface area contributed by atoms with Crippen LogP contribution in [0.2, 0.25) is 0 Å². The van der Waals surface area contributed by atoms with Crippen molar-refractivity contribution >= 4 is 38.6 Å². The van der Waals surface area contributed by atoms with Crippen LogP contribution < -0.4 is 4.90 Å². The number of fused-ring (bicyclic) bond motifs is 5. The maximum atomic E-state index is 2.50. The van der Waals surface area contributed by atoms with Gasteiger partial charge >= 0.3 is 0 Å². The molecule has 0 amide bonds. The Kier molecular flexibility index (Phi) is 7.96. The summed E-state index contributed by atoms with van der Waals surface area (Å²) in [4.78, 5) is 2.49. The Hall–Kier alpha value is -6.70. The van der Waals surface area contributed by atoms with Crippen LogP contribution in [0.15, 0.2) is 206 Å². The van der Waals surface area contributed by atoms with Crippen LogP contribution in [0.1, 0.15) is 47.6 Å². The molecule has 262 valence electrons. The Bertz CT molecular complexity index is 2800. The van der Waals surface area contributed by atoms with E-state index in [4.69, 9.17) is 0 Å². The molecule has 1 aliphatic carbocycles. The highest BCUT2D eigenvalue weighted by Gasteiger charge is 2.47. The number of hydrogen-bond donors (Lipinski definition) is 0. The van der Waals surface area contributed by atoms with E-state index in [1.54, 1.807) is 0 Å². The lowest BCUT2D eigenvalue weighted by Gasteiger charge is -2.35. The van der Waals surface area contributed by atoms with E-state index in [-0.39, 0.29) is 0 Å². The topological polar surface area (TPSA) is 3.24 Å². The Morgan fingerprint density at radius 3 is 1.60 bits per heavy atom. The third kappa shape index (κ3) is 5.30. The van der Waals surface area contributed by atoms with E-state index in [9.17, 15) is 0 Å². The molecule has 0 N–H and O–H groups in total. The Balaban J connectivity index is 1.32. The molecule has 1 nitrogen and oxygen atoms in total. The minimum Gasteiger partial charge on any atom is -0.310 e. The molecule has 0 bridgehead atoms. The fraction of sp³-hybridized carbons (Fsp3) is 0.0741. The number of nitrogens with zero attached hydrogens (tertiary/aromatic N) is 1. The molecular formula is C54H41N. The van der Waals surface area contributed by atoms with Crippen molar-refractivity contribution in [1.29, 1.82) is 0 Å². The van der Waals surface area contributed by atoms with Crippen molar-refractivity contribution in [3.63, 3.8) is 0 Å². The SMILES string of the molecule is CC(C)c1cccc2c1-c1ccc(N(c3ccc4ccccc4c3)c3cc4ccccc4cc3-c3ccccc3)cc1C2(c1ccccc1)c1ccccc1. The summed E-state index contributed by atoms with van der Waals surface area (Å²) in [7, 11) is 0. The highest BCUT2D eigenvalue weighted by Crippen LogP contribution is 2.59. The first-order valence-corrected chi connectivity index (χ1v) is 19.4. The molecular weight excluding hydrogens is 663 g/mol. The third-order valence-corrected chi connectivity index (χ3v) is 11.7. The van der Waals surface area contributed by atoms with E-state index in [1.807, 2.05) is 0 Å². The van der Waals surface area contributed by atoms with E-state index in [1.165, 1.54) is 71.6 Å². The predicted octanol–water partition coefficient (Wildman–Crippen LogP) is 14.6. The number of benzene rings is 9. The van der Waals surface area contributed by atoms with Crippen molar-refractivity contribution < 1.29 is 0 Å². The largest absolute Gasteiger partial charge is 0.310 e. The van der Waals surface area contributed by atoms with Crippen LogP contribution in [0.4, 0.5) is 17.1 Å². The molecule has 0 aliphatic heterocycles. The normalized spacial score (nSPS) is 12.9. The van der Waals surface area contributed by atoms with Crippen LogP contribution in [0.25, 0.3) is 43.8 Å². The lowest BCUT2D eigenvalue weighted by Crippen LogP contribution is -2.28. The third-order valence-electron chi connectivity index (χ3n) is 11.7. The zero-order chi connectivity index (χ0) is 36.9.